The molecular formula is C22H22ClFN6O5. The van der Waals surface area contributed by atoms with Crippen LogP contribution in [0, 0.1) is 21.8 Å². The number of carbonyl (C=O) groups excluding carboxylic acids is 1. The van der Waals surface area contributed by atoms with Gasteiger partial charge >= 0.3 is 5.97 Å². The van der Waals surface area contributed by atoms with Crippen molar-refractivity contribution < 1.29 is 23.6 Å². The number of halogens is 2. The number of tetrazole rings is 1. The molecule has 0 radical (unpaired) electrons. The molecule has 0 bridgehead atoms. The molecule has 11 nitrogen and oxygen atoms in total. The maximum Gasteiger partial charge on any atom is 0.310 e. The summed E-state index contributed by atoms with van der Waals surface area (Å²) in [5.41, 5.74) is -1.46. The largest absolute Gasteiger partial charge is 0.460 e. The van der Waals surface area contributed by atoms with Gasteiger partial charge in [0.25, 0.3) is 5.88 Å². The second-order valence-electron chi connectivity index (χ2n) is 9.33. The molecule has 0 saturated heterocycles. The van der Waals surface area contributed by atoms with E-state index in [0.29, 0.717) is 11.3 Å². The second-order valence-corrected chi connectivity index (χ2v) is 9.77. The van der Waals surface area contributed by atoms with Crippen molar-refractivity contribution in [2.24, 2.45) is 5.92 Å². The van der Waals surface area contributed by atoms with Gasteiger partial charge in [0, 0.05) is 29.5 Å². The van der Waals surface area contributed by atoms with Crippen molar-refractivity contribution >= 4 is 17.6 Å². The molecule has 1 fully saturated rings. The van der Waals surface area contributed by atoms with Gasteiger partial charge in [0.2, 0.25) is 11.4 Å². The number of esters is 1. The molecular weight excluding hydrogens is 483 g/mol. The van der Waals surface area contributed by atoms with Crippen LogP contribution in [0.4, 0.5) is 4.39 Å². The van der Waals surface area contributed by atoms with Gasteiger partial charge in [-0.05, 0) is 56.3 Å². The summed E-state index contributed by atoms with van der Waals surface area (Å²) in [7, 11) is 0. The van der Waals surface area contributed by atoms with E-state index in [4.69, 9.17) is 21.1 Å². The summed E-state index contributed by atoms with van der Waals surface area (Å²) in [5, 5.41) is 24.1. The summed E-state index contributed by atoms with van der Waals surface area (Å²) in [4.78, 5) is 28.6. The summed E-state index contributed by atoms with van der Waals surface area (Å²) in [6, 6.07) is 7.50. The lowest BCUT2D eigenvalue weighted by Gasteiger charge is -2.39. The minimum Gasteiger partial charge on any atom is -0.460 e. The van der Waals surface area contributed by atoms with Gasteiger partial charge in [0.05, 0.1) is 10.9 Å². The molecule has 0 aliphatic heterocycles. The zero-order chi connectivity index (χ0) is 25.4. The number of rotatable bonds is 7. The fourth-order valence-corrected chi connectivity index (χ4v) is 3.84. The van der Waals surface area contributed by atoms with Crippen LogP contribution in [0.2, 0.25) is 5.02 Å². The van der Waals surface area contributed by atoms with Crippen molar-refractivity contribution in [3.05, 3.63) is 57.5 Å². The van der Waals surface area contributed by atoms with Crippen LogP contribution in [-0.4, -0.2) is 47.2 Å². The number of pyridine rings is 1. The van der Waals surface area contributed by atoms with Crippen LogP contribution in [0.5, 0.6) is 11.6 Å². The number of benzene rings is 1. The van der Waals surface area contributed by atoms with E-state index in [-0.39, 0.29) is 36.1 Å². The molecule has 0 spiro atoms. The van der Waals surface area contributed by atoms with Crippen molar-refractivity contribution in [1.82, 2.24) is 25.2 Å². The third-order valence-corrected chi connectivity index (χ3v) is 5.58. The molecule has 3 aromatic rings. The Morgan fingerprint density at radius 1 is 1.31 bits per heavy atom. The minimum atomic E-state index is -1.37. The summed E-state index contributed by atoms with van der Waals surface area (Å²) < 4.78 is 24.6. The molecule has 35 heavy (non-hydrogen) atoms. The lowest BCUT2D eigenvalue weighted by molar-refractivity contribution is -0.593. The van der Waals surface area contributed by atoms with Gasteiger partial charge in [-0.1, -0.05) is 11.6 Å². The van der Waals surface area contributed by atoms with Crippen molar-refractivity contribution in [2.75, 3.05) is 0 Å². The van der Waals surface area contributed by atoms with Gasteiger partial charge < -0.3 is 9.47 Å². The first kappa shape index (κ1) is 24.5. The highest BCUT2D eigenvalue weighted by atomic mass is 35.5. The van der Waals surface area contributed by atoms with E-state index in [2.05, 4.69) is 20.4 Å². The van der Waals surface area contributed by atoms with Crippen molar-refractivity contribution in [2.45, 2.75) is 51.3 Å². The van der Waals surface area contributed by atoms with Crippen LogP contribution in [-0.2, 0) is 16.1 Å². The average molecular weight is 505 g/mol. The van der Waals surface area contributed by atoms with Crippen molar-refractivity contribution in [3.63, 3.8) is 0 Å². The Bertz CT molecular complexity index is 1250. The van der Waals surface area contributed by atoms with E-state index < -0.39 is 33.8 Å². The molecule has 0 amide bonds. The first-order valence-corrected chi connectivity index (χ1v) is 11.1. The average Bonchev–Trinajstić information content (AvgIpc) is 3.20. The van der Waals surface area contributed by atoms with Gasteiger partial charge in [-0.3, -0.25) is 14.9 Å². The minimum absolute atomic E-state index is 0.0348. The number of ether oxygens (including phenoxy) is 2. The molecule has 13 heteroatoms. The molecule has 0 N–H and O–H groups in total. The first-order valence-electron chi connectivity index (χ1n) is 10.7. The highest BCUT2D eigenvalue weighted by Gasteiger charge is 2.59. The third-order valence-electron chi connectivity index (χ3n) is 5.37. The smallest absolute Gasteiger partial charge is 0.310 e. The van der Waals surface area contributed by atoms with Crippen molar-refractivity contribution in [3.8, 4) is 23.0 Å². The molecule has 4 rings (SSSR count). The Kier molecular flexibility index (Phi) is 6.41. The summed E-state index contributed by atoms with van der Waals surface area (Å²) >= 11 is 5.69. The summed E-state index contributed by atoms with van der Waals surface area (Å²) in [6.07, 6.45) is 1.34. The van der Waals surface area contributed by atoms with Gasteiger partial charge in [-0.15, -0.1) is 10.2 Å². The Morgan fingerprint density at radius 3 is 2.60 bits per heavy atom. The highest BCUT2D eigenvalue weighted by molar-refractivity contribution is 6.30. The van der Waals surface area contributed by atoms with Gasteiger partial charge in [-0.25, -0.2) is 9.37 Å². The van der Waals surface area contributed by atoms with E-state index in [9.17, 15) is 19.3 Å². The molecule has 1 aliphatic rings. The quantitative estimate of drug-likeness (QED) is 0.265. The van der Waals surface area contributed by atoms with Gasteiger partial charge in [0.15, 0.2) is 5.82 Å². The lowest BCUT2D eigenvalue weighted by Crippen LogP contribution is -2.56. The second kappa shape index (κ2) is 9.17. The highest BCUT2D eigenvalue weighted by Crippen LogP contribution is 2.42. The Labute approximate surface area is 204 Å². The third kappa shape index (κ3) is 5.53. The van der Waals surface area contributed by atoms with E-state index in [0.717, 1.165) is 10.9 Å². The fourth-order valence-electron chi connectivity index (χ4n) is 3.70. The van der Waals surface area contributed by atoms with Crippen LogP contribution < -0.4 is 4.74 Å². The molecule has 1 aromatic carbocycles. The number of hydrogen-bond acceptors (Lipinski definition) is 9. The molecule has 0 unspecified atom stereocenters. The zero-order valence-corrected chi connectivity index (χ0v) is 19.9. The Morgan fingerprint density at radius 2 is 2.00 bits per heavy atom. The van der Waals surface area contributed by atoms with Gasteiger partial charge in [-0.2, -0.15) is 4.80 Å². The van der Waals surface area contributed by atoms with Crippen LogP contribution in [0.15, 0.2) is 36.5 Å². The molecule has 1 aliphatic carbocycles. The van der Waals surface area contributed by atoms with E-state index in [1.54, 1.807) is 45.0 Å². The predicted molar refractivity (Wildman–Crippen MR) is 121 cm³/mol. The monoisotopic (exact) mass is 504 g/mol. The van der Waals surface area contributed by atoms with Crippen LogP contribution in [0.3, 0.4) is 0 Å². The van der Waals surface area contributed by atoms with Crippen LogP contribution >= 0.6 is 11.6 Å². The fraction of sp³-hybridized carbons (Fsp3) is 0.409. The van der Waals surface area contributed by atoms with Gasteiger partial charge in [0.1, 0.15) is 17.9 Å². The van der Waals surface area contributed by atoms with E-state index >= 15 is 0 Å². The molecule has 184 valence electrons. The number of nitrogens with zero attached hydrogens (tertiary/aromatic N) is 6. The van der Waals surface area contributed by atoms with E-state index in [1.165, 1.54) is 6.20 Å². The number of hydrogen-bond donors (Lipinski definition) is 0. The molecule has 2 heterocycles. The first-order chi connectivity index (χ1) is 16.4. The molecule has 2 aromatic heterocycles. The topological polar surface area (TPSA) is 135 Å². The Hall–Kier alpha value is -3.67. The zero-order valence-electron chi connectivity index (χ0n) is 19.1. The number of carbonyl (C=O) groups is 1. The van der Waals surface area contributed by atoms with Crippen LogP contribution in [0.25, 0.3) is 11.4 Å². The maximum absolute atomic E-state index is 13.9. The maximum atomic E-state index is 13.9. The Balaban J connectivity index is 1.41. The lowest BCUT2D eigenvalue weighted by atomic mass is 9.68. The number of aromatic nitrogens is 5. The molecule has 1 saturated carbocycles. The van der Waals surface area contributed by atoms with Crippen LogP contribution in [0.1, 0.15) is 33.6 Å². The normalized spacial score (nSPS) is 19.6. The van der Waals surface area contributed by atoms with Crippen molar-refractivity contribution in [1.29, 1.82) is 0 Å². The SMILES string of the molecule is CC(C)(C)OC(=O)C1CC(Cn2nnc(-c3ccc(Oc4ncc(Cl)cc4F)cc3)n2)([N+](=O)[O-])C1. The summed E-state index contributed by atoms with van der Waals surface area (Å²) in [5.74, 6) is -1.34. The summed E-state index contributed by atoms with van der Waals surface area (Å²) in [6.45, 7) is 5.11. The number of nitro groups is 1. The predicted octanol–water partition coefficient (Wildman–Crippen LogP) is 4.09. The molecule has 0 atom stereocenters. The van der Waals surface area contributed by atoms with E-state index in [1.807, 2.05) is 0 Å². The standard InChI is InChI=1S/C22H22ClFN6O5/c1-21(2,3)35-20(31)14-9-22(10-14,30(32)33)12-29-27-18(26-28-29)13-4-6-16(7-5-13)34-19-17(24)8-15(23)11-25-19/h4-8,11,14H,9-10,12H2,1-3H3.